The third-order valence-corrected chi connectivity index (χ3v) is 14.1. The Morgan fingerprint density at radius 2 is 0.481 bits per heavy atom. The van der Waals surface area contributed by atoms with Crippen molar-refractivity contribution in [2.75, 3.05) is 13.2 Å². The predicted octanol–water partition coefficient (Wildman–Crippen LogP) is 23.3. The molecule has 81 heavy (non-hydrogen) atoms. The van der Waals surface area contributed by atoms with Gasteiger partial charge in [0, 0.05) is 19.3 Å². The van der Waals surface area contributed by atoms with Gasteiger partial charge in [-0.15, -0.1) is 0 Å². The zero-order valence-electron chi connectivity index (χ0n) is 52.8. The van der Waals surface area contributed by atoms with Crippen molar-refractivity contribution in [3.63, 3.8) is 0 Å². The number of carbonyl (C=O) groups excluding carboxylic acids is 3. The van der Waals surface area contributed by atoms with Gasteiger partial charge in [0.15, 0.2) is 6.10 Å². The normalized spacial score (nSPS) is 13.0. The average molecular weight is 1120 g/mol. The summed E-state index contributed by atoms with van der Waals surface area (Å²) in [7, 11) is 0. The Bertz CT molecular complexity index is 1720. The van der Waals surface area contributed by atoms with Crippen LogP contribution in [0.5, 0.6) is 0 Å². The van der Waals surface area contributed by atoms with Crippen LogP contribution in [0.25, 0.3) is 0 Å². The van der Waals surface area contributed by atoms with E-state index in [0.29, 0.717) is 19.3 Å². The van der Waals surface area contributed by atoms with Gasteiger partial charge in [0.25, 0.3) is 0 Å². The van der Waals surface area contributed by atoms with Gasteiger partial charge >= 0.3 is 17.9 Å². The number of unbranched alkanes of at least 4 members (excludes halogenated alkanes) is 27. The second-order valence-electron chi connectivity index (χ2n) is 22.0. The number of allylic oxidation sites excluding steroid dienone is 22. The van der Waals surface area contributed by atoms with Gasteiger partial charge in [-0.3, -0.25) is 14.4 Å². The molecule has 460 valence electrons. The fourth-order valence-corrected chi connectivity index (χ4v) is 9.14. The smallest absolute Gasteiger partial charge is 0.306 e. The molecule has 0 N–H and O–H groups in total. The topological polar surface area (TPSA) is 78.9 Å². The van der Waals surface area contributed by atoms with Gasteiger partial charge in [-0.05, 0) is 135 Å². The summed E-state index contributed by atoms with van der Waals surface area (Å²) in [5, 5.41) is 0. The molecule has 0 spiro atoms. The van der Waals surface area contributed by atoms with Gasteiger partial charge in [0.1, 0.15) is 13.2 Å². The SMILES string of the molecule is CC/C=C\C/C=C\C/C=C\C/C=C\CCCCCCCCCCCCC(=O)OCC(COC(=O)CCCCCCCC/C=C\C/C=C\C/C=C\CCCCC)OC(=O)CCCCCCCCCC/C=C\C/C=C\C/C=C\C/C=C\CC. The fraction of sp³-hybridized carbons (Fsp3) is 0.667. The van der Waals surface area contributed by atoms with Crippen molar-refractivity contribution in [3.05, 3.63) is 134 Å². The van der Waals surface area contributed by atoms with E-state index < -0.39 is 6.10 Å². The molecular weight excluding hydrogens is 997 g/mol. The summed E-state index contributed by atoms with van der Waals surface area (Å²) >= 11 is 0. The van der Waals surface area contributed by atoms with Gasteiger partial charge in [-0.2, -0.15) is 0 Å². The maximum atomic E-state index is 13.0. The summed E-state index contributed by atoms with van der Waals surface area (Å²) in [6.07, 6.45) is 95.9. The van der Waals surface area contributed by atoms with E-state index in [1.165, 1.54) is 128 Å². The van der Waals surface area contributed by atoms with Crippen molar-refractivity contribution < 1.29 is 28.6 Å². The van der Waals surface area contributed by atoms with Crippen LogP contribution >= 0.6 is 0 Å². The number of ether oxygens (including phenoxy) is 3. The molecule has 0 aliphatic carbocycles. The molecule has 0 aromatic heterocycles. The Balaban J connectivity index is 4.44. The molecule has 0 bridgehead atoms. The Hall–Kier alpha value is -4.45. The first-order valence-corrected chi connectivity index (χ1v) is 33.7. The Morgan fingerprint density at radius 1 is 0.259 bits per heavy atom. The molecule has 1 unspecified atom stereocenters. The van der Waals surface area contributed by atoms with Crippen LogP contribution in [0.1, 0.15) is 303 Å². The molecule has 0 aliphatic heterocycles. The van der Waals surface area contributed by atoms with Crippen LogP contribution in [0.2, 0.25) is 0 Å². The number of esters is 3. The Morgan fingerprint density at radius 3 is 0.753 bits per heavy atom. The molecule has 0 aromatic rings. The zero-order chi connectivity index (χ0) is 58.5. The minimum absolute atomic E-state index is 0.0910. The van der Waals surface area contributed by atoms with Crippen molar-refractivity contribution in [2.24, 2.45) is 0 Å². The van der Waals surface area contributed by atoms with E-state index in [0.717, 1.165) is 135 Å². The molecular formula is C75H124O6. The summed E-state index contributed by atoms with van der Waals surface area (Å²) in [4.78, 5) is 38.5. The molecule has 0 amide bonds. The standard InChI is InChI=1S/C75H124O6/c1-4-7-10-13-16-19-22-25-28-31-34-36-37-39-41-44-47-50-53-56-59-62-65-68-74(77)80-71-72(70-79-73(76)67-64-61-58-55-52-49-46-43-40-33-30-27-24-21-18-15-12-9-6-3)81-75(78)69-66-63-60-57-54-51-48-45-42-38-35-32-29-26-23-20-17-14-11-8-5-2/h7-8,10-11,16-21,25-30,34-36,38,40,43,72H,4-6,9,12-15,22-24,31-33,37,39,41-42,44-71H2,1-3H3/b10-7-,11-8-,19-16-,20-17-,21-18-,28-25-,29-26-,30-27-,36-34-,38-35-,43-40-. The lowest BCUT2D eigenvalue weighted by molar-refractivity contribution is -0.167. The molecule has 0 saturated carbocycles. The summed E-state index contributed by atoms with van der Waals surface area (Å²) < 4.78 is 17.0. The van der Waals surface area contributed by atoms with Gasteiger partial charge < -0.3 is 14.2 Å². The van der Waals surface area contributed by atoms with E-state index in [4.69, 9.17) is 14.2 Å². The largest absolute Gasteiger partial charge is 0.462 e. The zero-order valence-corrected chi connectivity index (χ0v) is 52.8. The molecule has 0 aliphatic rings. The summed E-state index contributed by atoms with van der Waals surface area (Å²) in [6.45, 7) is 6.39. The quantitative estimate of drug-likeness (QED) is 0.0261. The Labute approximate surface area is 500 Å². The molecule has 0 aromatic carbocycles. The van der Waals surface area contributed by atoms with E-state index in [9.17, 15) is 14.4 Å². The minimum Gasteiger partial charge on any atom is -0.462 e. The van der Waals surface area contributed by atoms with Crippen molar-refractivity contribution in [1.29, 1.82) is 0 Å². The maximum absolute atomic E-state index is 13.0. The summed E-state index contributed by atoms with van der Waals surface area (Å²) in [5.41, 5.74) is 0. The van der Waals surface area contributed by atoms with Crippen LogP contribution in [0, 0.1) is 0 Å². The highest BCUT2D eigenvalue weighted by Crippen LogP contribution is 2.16. The van der Waals surface area contributed by atoms with Crippen molar-refractivity contribution >= 4 is 17.9 Å². The lowest BCUT2D eigenvalue weighted by Gasteiger charge is -2.18. The molecule has 6 nitrogen and oxygen atoms in total. The van der Waals surface area contributed by atoms with Gasteiger partial charge in [-0.1, -0.05) is 283 Å². The first-order valence-electron chi connectivity index (χ1n) is 33.7. The maximum Gasteiger partial charge on any atom is 0.306 e. The highest BCUT2D eigenvalue weighted by Gasteiger charge is 2.19. The van der Waals surface area contributed by atoms with E-state index >= 15 is 0 Å². The second kappa shape index (κ2) is 68.1. The number of hydrogen-bond donors (Lipinski definition) is 0. The third-order valence-electron chi connectivity index (χ3n) is 14.1. The summed E-state index contributed by atoms with van der Waals surface area (Å²) in [6, 6.07) is 0. The van der Waals surface area contributed by atoms with Crippen LogP contribution in [0.3, 0.4) is 0 Å². The van der Waals surface area contributed by atoms with Gasteiger partial charge in [0.05, 0.1) is 0 Å². The second-order valence-corrected chi connectivity index (χ2v) is 22.0. The van der Waals surface area contributed by atoms with E-state index in [1.807, 2.05) is 0 Å². The van der Waals surface area contributed by atoms with E-state index in [2.05, 4.69) is 154 Å². The lowest BCUT2D eigenvalue weighted by atomic mass is 10.1. The first kappa shape index (κ1) is 76.5. The van der Waals surface area contributed by atoms with Crippen LogP contribution in [0.15, 0.2) is 134 Å². The third kappa shape index (κ3) is 66.2. The van der Waals surface area contributed by atoms with Crippen molar-refractivity contribution in [2.45, 2.75) is 309 Å². The van der Waals surface area contributed by atoms with Crippen LogP contribution in [-0.2, 0) is 28.6 Å². The summed E-state index contributed by atoms with van der Waals surface area (Å²) in [5.74, 6) is -0.909. The fourth-order valence-electron chi connectivity index (χ4n) is 9.14. The van der Waals surface area contributed by atoms with Crippen LogP contribution < -0.4 is 0 Å². The van der Waals surface area contributed by atoms with Crippen molar-refractivity contribution in [3.8, 4) is 0 Å². The highest BCUT2D eigenvalue weighted by molar-refractivity contribution is 5.71. The molecule has 0 fully saturated rings. The molecule has 6 heteroatoms. The monoisotopic (exact) mass is 1120 g/mol. The van der Waals surface area contributed by atoms with Gasteiger partial charge in [-0.25, -0.2) is 0 Å². The molecule has 1 atom stereocenters. The molecule has 0 rings (SSSR count). The number of hydrogen-bond acceptors (Lipinski definition) is 6. The molecule has 0 radical (unpaired) electrons. The number of rotatable bonds is 60. The predicted molar refractivity (Wildman–Crippen MR) is 353 cm³/mol. The average Bonchev–Trinajstić information content (AvgIpc) is 3.47. The van der Waals surface area contributed by atoms with Crippen LogP contribution in [0.4, 0.5) is 0 Å². The first-order chi connectivity index (χ1) is 40.0. The molecule has 0 heterocycles. The van der Waals surface area contributed by atoms with Crippen LogP contribution in [-0.4, -0.2) is 37.2 Å². The highest BCUT2D eigenvalue weighted by atomic mass is 16.6. The van der Waals surface area contributed by atoms with E-state index in [1.54, 1.807) is 0 Å². The van der Waals surface area contributed by atoms with Gasteiger partial charge in [0.2, 0.25) is 0 Å². The van der Waals surface area contributed by atoms with E-state index in [-0.39, 0.29) is 31.1 Å². The molecule has 0 saturated heterocycles. The lowest BCUT2D eigenvalue weighted by Crippen LogP contribution is -2.30. The minimum atomic E-state index is -0.797. The Kier molecular flexibility index (Phi) is 64.3. The van der Waals surface area contributed by atoms with Crippen molar-refractivity contribution in [1.82, 2.24) is 0 Å². The number of carbonyl (C=O) groups is 3.